The topological polar surface area (TPSA) is 44.4 Å². The lowest BCUT2D eigenvalue weighted by Crippen LogP contribution is -2.45. The Kier molecular flexibility index (Phi) is 5.38. The number of likely N-dealkylation sites (N-methyl/N-ethyl adjacent to an activating group) is 1. The van der Waals surface area contributed by atoms with Crippen LogP contribution in [0.5, 0.6) is 0 Å². The third-order valence-electron chi connectivity index (χ3n) is 3.61. The van der Waals surface area contributed by atoms with Crippen LogP contribution in [0.2, 0.25) is 0 Å². The van der Waals surface area contributed by atoms with Crippen LogP contribution in [0, 0.1) is 5.82 Å². The molecular formula is C15H15BrFN3OS2. The highest BCUT2D eigenvalue weighted by atomic mass is 79.9. The molecule has 1 amide bonds. The molecule has 1 saturated heterocycles. The van der Waals surface area contributed by atoms with E-state index >= 15 is 0 Å². The zero-order valence-corrected chi connectivity index (χ0v) is 15.5. The molecule has 2 aromatic rings. The lowest BCUT2D eigenvalue weighted by Gasteiger charge is -2.35. The van der Waals surface area contributed by atoms with E-state index in [9.17, 15) is 9.18 Å². The van der Waals surface area contributed by atoms with Gasteiger partial charge in [-0.25, -0.2) is 13.4 Å². The SMILES string of the molecule is CN1SN[C@@H](c2cccs2)C[C@H]1C(=O)Nc1ccc(F)c(Br)c1. The summed E-state index contributed by atoms with van der Waals surface area (Å²) >= 11 is 6.25. The van der Waals surface area contributed by atoms with Gasteiger partial charge < -0.3 is 5.32 Å². The Labute approximate surface area is 150 Å². The van der Waals surface area contributed by atoms with Crippen molar-refractivity contribution < 1.29 is 9.18 Å². The molecule has 122 valence electrons. The normalized spacial score (nSPS) is 22.0. The van der Waals surface area contributed by atoms with Crippen LogP contribution in [0.4, 0.5) is 10.1 Å². The van der Waals surface area contributed by atoms with Crippen LogP contribution in [0.3, 0.4) is 0 Å². The Morgan fingerprint density at radius 3 is 3.00 bits per heavy atom. The second kappa shape index (κ2) is 7.31. The number of hydrogen-bond acceptors (Lipinski definition) is 5. The Hall–Kier alpha value is -0.930. The molecule has 4 nitrogen and oxygen atoms in total. The van der Waals surface area contributed by atoms with E-state index < -0.39 is 0 Å². The number of halogens is 2. The maximum atomic E-state index is 13.3. The van der Waals surface area contributed by atoms with Gasteiger partial charge >= 0.3 is 0 Å². The maximum absolute atomic E-state index is 13.3. The van der Waals surface area contributed by atoms with Gasteiger partial charge in [-0.2, -0.15) is 0 Å². The highest BCUT2D eigenvalue weighted by molar-refractivity contribution is 9.10. The van der Waals surface area contributed by atoms with Crippen molar-refractivity contribution in [3.05, 3.63) is 50.9 Å². The van der Waals surface area contributed by atoms with Crippen LogP contribution in [0.25, 0.3) is 0 Å². The number of hydrogen-bond donors (Lipinski definition) is 2. The number of nitrogens with one attached hydrogen (secondary N) is 2. The zero-order valence-electron chi connectivity index (χ0n) is 12.3. The number of carbonyl (C=O) groups excluding carboxylic acids is 1. The minimum atomic E-state index is -0.352. The fraction of sp³-hybridized carbons (Fsp3) is 0.267. The van der Waals surface area contributed by atoms with Crippen molar-refractivity contribution in [1.82, 2.24) is 9.03 Å². The second-order valence-electron chi connectivity index (χ2n) is 5.19. The molecule has 2 heterocycles. The number of thiophene rings is 1. The third-order valence-corrected chi connectivity index (χ3v) is 6.14. The predicted octanol–water partition coefficient (Wildman–Crippen LogP) is 4.19. The van der Waals surface area contributed by atoms with E-state index in [2.05, 4.69) is 32.0 Å². The van der Waals surface area contributed by atoms with E-state index in [1.165, 1.54) is 23.1 Å². The molecule has 0 unspecified atom stereocenters. The van der Waals surface area contributed by atoms with Crippen molar-refractivity contribution in [3.8, 4) is 0 Å². The van der Waals surface area contributed by atoms with Gasteiger partial charge in [0.15, 0.2) is 0 Å². The summed E-state index contributed by atoms with van der Waals surface area (Å²) in [4.78, 5) is 13.8. The van der Waals surface area contributed by atoms with Crippen molar-refractivity contribution in [2.24, 2.45) is 0 Å². The summed E-state index contributed by atoms with van der Waals surface area (Å²) in [5, 5.41) is 4.89. The highest BCUT2D eigenvalue weighted by Crippen LogP contribution is 2.33. The fourth-order valence-electron chi connectivity index (χ4n) is 2.37. The molecule has 8 heteroatoms. The smallest absolute Gasteiger partial charge is 0.242 e. The minimum Gasteiger partial charge on any atom is -0.325 e. The number of nitrogens with zero attached hydrogens (tertiary/aromatic N) is 1. The molecule has 0 bridgehead atoms. The maximum Gasteiger partial charge on any atom is 0.242 e. The number of carbonyl (C=O) groups is 1. The van der Waals surface area contributed by atoms with Gasteiger partial charge in [-0.3, -0.25) is 4.79 Å². The van der Waals surface area contributed by atoms with Crippen LogP contribution in [-0.2, 0) is 4.79 Å². The predicted molar refractivity (Wildman–Crippen MR) is 96.7 cm³/mol. The molecular weight excluding hydrogens is 401 g/mol. The first-order valence-corrected chi connectivity index (χ1v) is 9.44. The molecule has 2 N–H and O–H groups in total. The Balaban J connectivity index is 1.70. The molecule has 1 aromatic heterocycles. The molecule has 23 heavy (non-hydrogen) atoms. The Morgan fingerprint density at radius 1 is 1.48 bits per heavy atom. The standard InChI is InChI=1S/C15H15BrFN3OS2/c1-20-13(8-12(19-23-20)14-3-2-6-22-14)15(21)18-9-4-5-11(17)10(16)7-9/h2-7,12-13,19H,8H2,1H3,(H,18,21)/t12-,13+/m1/s1. The minimum absolute atomic E-state index is 0.0958. The lowest BCUT2D eigenvalue weighted by molar-refractivity contribution is -0.119. The fourth-order valence-corrected chi connectivity index (χ4v) is 4.44. The largest absolute Gasteiger partial charge is 0.325 e. The average molecular weight is 416 g/mol. The van der Waals surface area contributed by atoms with Crippen LogP contribution in [-0.4, -0.2) is 23.3 Å². The zero-order chi connectivity index (χ0) is 16.4. The van der Waals surface area contributed by atoms with Gasteiger partial charge in [0.1, 0.15) is 11.9 Å². The van der Waals surface area contributed by atoms with Gasteiger partial charge in [-0.15, -0.1) is 11.3 Å². The third kappa shape index (κ3) is 3.95. The van der Waals surface area contributed by atoms with Gasteiger partial charge in [0, 0.05) is 22.7 Å². The molecule has 1 aliphatic rings. The molecule has 0 saturated carbocycles. The summed E-state index contributed by atoms with van der Waals surface area (Å²) < 4.78 is 18.9. The van der Waals surface area contributed by atoms with Gasteiger partial charge in [-0.1, -0.05) is 6.07 Å². The van der Waals surface area contributed by atoms with E-state index in [0.717, 1.165) is 0 Å². The van der Waals surface area contributed by atoms with Crippen LogP contribution in [0.15, 0.2) is 40.2 Å². The molecule has 1 aliphatic heterocycles. The highest BCUT2D eigenvalue weighted by Gasteiger charge is 2.33. The first kappa shape index (κ1) is 16.9. The van der Waals surface area contributed by atoms with Gasteiger partial charge in [0.2, 0.25) is 5.91 Å². The van der Waals surface area contributed by atoms with E-state index in [0.29, 0.717) is 16.6 Å². The summed E-state index contributed by atoms with van der Waals surface area (Å²) in [6.07, 6.45) is 0.679. The van der Waals surface area contributed by atoms with Gasteiger partial charge in [-0.05, 0) is 59.0 Å². The quantitative estimate of drug-likeness (QED) is 0.737. The van der Waals surface area contributed by atoms with E-state index in [1.54, 1.807) is 23.5 Å². The first-order valence-electron chi connectivity index (χ1n) is 6.99. The summed E-state index contributed by atoms with van der Waals surface area (Å²) in [6, 6.07) is 8.41. The molecule has 2 atom stereocenters. The summed E-state index contributed by atoms with van der Waals surface area (Å²) in [6.45, 7) is 0. The van der Waals surface area contributed by atoms with Gasteiger partial charge in [0.25, 0.3) is 0 Å². The van der Waals surface area contributed by atoms with Crippen LogP contribution in [0.1, 0.15) is 17.3 Å². The Bertz CT molecular complexity index is 698. The summed E-state index contributed by atoms with van der Waals surface area (Å²) in [7, 11) is 1.88. The molecule has 3 rings (SSSR count). The number of amides is 1. The molecule has 0 aliphatic carbocycles. The van der Waals surface area contributed by atoms with Crippen LogP contribution >= 0.6 is 39.4 Å². The number of benzene rings is 1. The summed E-state index contributed by atoms with van der Waals surface area (Å²) in [5.74, 6) is -0.447. The Morgan fingerprint density at radius 2 is 2.30 bits per heavy atom. The second-order valence-corrected chi connectivity index (χ2v) is 8.02. The van der Waals surface area contributed by atoms with E-state index in [-0.39, 0.29) is 23.8 Å². The average Bonchev–Trinajstić information content (AvgIpc) is 3.06. The monoisotopic (exact) mass is 415 g/mol. The van der Waals surface area contributed by atoms with Gasteiger partial charge in [0.05, 0.1) is 10.5 Å². The first-order chi connectivity index (χ1) is 11.0. The summed E-state index contributed by atoms with van der Waals surface area (Å²) in [5.41, 5.74) is 0.577. The van der Waals surface area contributed by atoms with Crippen molar-refractivity contribution in [1.29, 1.82) is 0 Å². The number of rotatable bonds is 3. The van der Waals surface area contributed by atoms with Crippen molar-refractivity contribution in [2.75, 3.05) is 12.4 Å². The molecule has 0 radical (unpaired) electrons. The van der Waals surface area contributed by atoms with Crippen LogP contribution < -0.4 is 10.0 Å². The molecule has 1 aromatic carbocycles. The van der Waals surface area contributed by atoms with Crippen molar-refractivity contribution >= 4 is 51.0 Å². The van der Waals surface area contributed by atoms with Crippen molar-refractivity contribution in [3.63, 3.8) is 0 Å². The van der Waals surface area contributed by atoms with E-state index in [1.807, 2.05) is 22.8 Å². The lowest BCUT2D eigenvalue weighted by atomic mass is 10.1. The van der Waals surface area contributed by atoms with E-state index in [4.69, 9.17) is 0 Å². The van der Waals surface area contributed by atoms with Crippen molar-refractivity contribution in [2.45, 2.75) is 18.5 Å². The number of anilines is 1. The molecule has 1 fully saturated rings. The molecule has 0 spiro atoms.